The molecule has 1 amide bonds. The number of carbonyl (C=O) groups excluding carboxylic acids is 1. The first-order chi connectivity index (χ1) is 9.19. The minimum Gasteiger partial charge on any atom is -0.393 e. The first-order valence-electron chi connectivity index (χ1n) is 7.12. The smallest absolute Gasteiger partial charge is 0.223 e. The average molecular weight is 301 g/mol. The number of morpholine rings is 1. The number of thiocarbonyl (C=S) groups is 1. The van der Waals surface area contributed by atoms with E-state index in [1.165, 1.54) is 0 Å². The highest BCUT2D eigenvalue weighted by Gasteiger charge is 2.31. The predicted molar refractivity (Wildman–Crippen MR) is 84.7 cm³/mol. The van der Waals surface area contributed by atoms with Crippen molar-refractivity contribution in [2.45, 2.75) is 45.3 Å². The van der Waals surface area contributed by atoms with E-state index in [4.69, 9.17) is 22.7 Å². The Hall–Kier alpha value is -0.720. The van der Waals surface area contributed by atoms with Crippen LogP contribution >= 0.6 is 12.2 Å². The maximum Gasteiger partial charge on any atom is 0.223 e. The Bertz CT molecular complexity index is 360. The van der Waals surface area contributed by atoms with Crippen LogP contribution in [-0.4, -0.2) is 65.6 Å². The Morgan fingerprint density at radius 3 is 2.70 bits per heavy atom. The van der Waals surface area contributed by atoms with Crippen LogP contribution in [0.15, 0.2) is 0 Å². The molecule has 0 aromatic rings. The van der Waals surface area contributed by atoms with Crippen LogP contribution in [0.3, 0.4) is 0 Å². The van der Waals surface area contributed by atoms with Crippen LogP contribution in [0, 0.1) is 0 Å². The van der Waals surface area contributed by atoms with Gasteiger partial charge in [0.25, 0.3) is 0 Å². The van der Waals surface area contributed by atoms with E-state index in [-0.39, 0.29) is 17.6 Å². The maximum absolute atomic E-state index is 12.0. The molecule has 1 fully saturated rings. The van der Waals surface area contributed by atoms with Gasteiger partial charge in [0, 0.05) is 46.1 Å². The Balaban J connectivity index is 2.35. The number of ether oxygens (including phenoxy) is 1. The number of rotatable bonds is 6. The molecule has 116 valence electrons. The highest BCUT2D eigenvalue weighted by atomic mass is 32.1. The van der Waals surface area contributed by atoms with Gasteiger partial charge in [-0.25, -0.2) is 0 Å². The van der Waals surface area contributed by atoms with E-state index in [2.05, 4.69) is 25.7 Å². The Kier molecular flexibility index (Phi) is 6.36. The lowest BCUT2D eigenvalue weighted by molar-refractivity contribution is -0.137. The number of hydrogen-bond acceptors (Lipinski definition) is 4. The van der Waals surface area contributed by atoms with Crippen molar-refractivity contribution in [2.75, 3.05) is 33.2 Å². The molecule has 0 bridgehead atoms. The predicted octanol–water partition coefficient (Wildman–Crippen LogP) is 1.01. The summed E-state index contributed by atoms with van der Waals surface area (Å²) in [5, 5.41) is 0. The fraction of sp³-hybridized carbons (Fsp3) is 0.857. The molecule has 2 N–H and O–H groups in total. The van der Waals surface area contributed by atoms with Gasteiger partial charge in [0.05, 0.1) is 16.7 Å². The van der Waals surface area contributed by atoms with Crippen molar-refractivity contribution >= 4 is 23.1 Å². The summed E-state index contributed by atoms with van der Waals surface area (Å²) in [5.41, 5.74) is 5.31. The lowest BCUT2D eigenvalue weighted by Gasteiger charge is -2.41. The lowest BCUT2D eigenvalue weighted by atomic mass is 10.1. The van der Waals surface area contributed by atoms with Crippen LogP contribution in [0.1, 0.15) is 33.6 Å². The van der Waals surface area contributed by atoms with E-state index in [0.29, 0.717) is 24.4 Å². The van der Waals surface area contributed by atoms with Crippen molar-refractivity contribution in [2.24, 2.45) is 5.73 Å². The zero-order valence-electron chi connectivity index (χ0n) is 13.0. The van der Waals surface area contributed by atoms with Crippen molar-refractivity contribution < 1.29 is 9.53 Å². The van der Waals surface area contributed by atoms with Crippen LogP contribution in [-0.2, 0) is 9.53 Å². The molecule has 1 unspecified atom stereocenters. The van der Waals surface area contributed by atoms with E-state index < -0.39 is 0 Å². The Morgan fingerprint density at radius 1 is 1.50 bits per heavy atom. The normalized spacial score (nSPS) is 22.5. The van der Waals surface area contributed by atoms with Crippen LogP contribution in [0.5, 0.6) is 0 Å². The summed E-state index contributed by atoms with van der Waals surface area (Å²) in [4.78, 5) is 16.5. The fourth-order valence-corrected chi connectivity index (χ4v) is 2.69. The van der Waals surface area contributed by atoms with E-state index in [1.54, 1.807) is 11.9 Å². The largest absolute Gasteiger partial charge is 0.393 e. The van der Waals surface area contributed by atoms with Gasteiger partial charge in [0.15, 0.2) is 0 Å². The summed E-state index contributed by atoms with van der Waals surface area (Å²) in [6.45, 7) is 9.36. The summed E-state index contributed by atoms with van der Waals surface area (Å²) in [6.07, 6.45) is 1.32. The molecule has 1 saturated heterocycles. The fourth-order valence-electron chi connectivity index (χ4n) is 2.60. The topological polar surface area (TPSA) is 58.8 Å². The first kappa shape index (κ1) is 17.3. The molecule has 1 heterocycles. The zero-order valence-corrected chi connectivity index (χ0v) is 13.8. The molecular formula is C14H27N3O2S. The van der Waals surface area contributed by atoms with Gasteiger partial charge in [-0.1, -0.05) is 12.2 Å². The highest BCUT2D eigenvalue weighted by molar-refractivity contribution is 7.80. The molecule has 1 aliphatic rings. The summed E-state index contributed by atoms with van der Waals surface area (Å²) < 4.78 is 5.86. The second-order valence-electron chi connectivity index (χ2n) is 6.20. The number of hydrogen-bond donors (Lipinski definition) is 1. The van der Waals surface area contributed by atoms with Gasteiger partial charge in [-0.05, 0) is 20.8 Å². The van der Waals surface area contributed by atoms with Crippen LogP contribution in [0.25, 0.3) is 0 Å². The number of amides is 1. The second-order valence-corrected chi connectivity index (χ2v) is 6.73. The van der Waals surface area contributed by atoms with E-state index in [9.17, 15) is 4.79 Å². The van der Waals surface area contributed by atoms with Gasteiger partial charge in [0.1, 0.15) is 0 Å². The third-order valence-corrected chi connectivity index (χ3v) is 3.61. The maximum atomic E-state index is 12.0. The molecule has 1 rings (SSSR count). The zero-order chi connectivity index (χ0) is 15.3. The monoisotopic (exact) mass is 301 g/mol. The lowest BCUT2D eigenvalue weighted by Crippen LogP contribution is -2.52. The summed E-state index contributed by atoms with van der Waals surface area (Å²) >= 11 is 4.82. The second kappa shape index (κ2) is 7.33. The highest BCUT2D eigenvalue weighted by Crippen LogP contribution is 2.20. The summed E-state index contributed by atoms with van der Waals surface area (Å²) in [6, 6.07) is 0. The summed E-state index contributed by atoms with van der Waals surface area (Å²) in [7, 11) is 1.80. The number of nitrogens with zero attached hydrogens (tertiary/aromatic N) is 2. The molecule has 0 radical (unpaired) electrons. The summed E-state index contributed by atoms with van der Waals surface area (Å²) in [5.74, 6) is 0.137. The van der Waals surface area contributed by atoms with Crippen molar-refractivity contribution in [3.63, 3.8) is 0 Å². The first-order valence-corrected chi connectivity index (χ1v) is 7.53. The van der Waals surface area contributed by atoms with Gasteiger partial charge >= 0.3 is 0 Å². The Morgan fingerprint density at radius 2 is 2.15 bits per heavy atom. The SMILES string of the molecule is CC1CN(CCC(=O)N(C)CCC(N)=S)CC(C)(C)O1. The standard InChI is InChI=1S/C14H27N3O2S/c1-11-9-17(10-14(2,3)19-11)8-6-13(18)16(4)7-5-12(15)20/h11H,5-10H2,1-4H3,(H2,15,20). The molecule has 5 nitrogen and oxygen atoms in total. The molecule has 1 atom stereocenters. The van der Waals surface area contributed by atoms with E-state index >= 15 is 0 Å². The van der Waals surface area contributed by atoms with Gasteiger partial charge < -0.3 is 15.4 Å². The molecule has 0 aliphatic carbocycles. The average Bonchev–Trinajstić information content (AvgIpc) is 2.30. The molecule has 6 heteroatoms. The Labute approximate surface area is 127 Å². The molecule has 0 aromatic carbocycles. The number of nitrogens with two attached hydrogens (primary N) is 1. The minimum atomic E-state index is -0.141. The van der Waals surface area contributed by atoms with Gasteiger partial charge in [0.2, 0.25) is 5.91 Å². The number of carbonyl (C=O) groups is 1. The molecule has 1 aliphatic heterocycles. The van der Waals surface area contributed by atoms with Gasteiger partial charge in [-0.3, -0.25) is 9.69 Å². The van der Waals surface area contributed by atoms with Crippen molar-refractivity contribution in [3.8, 4) is 0 Å². The van der Waals surface area contributed by atoms with Crippen molar-refractivity contribution in [1.29, 1.82) is 0 Å². The van der Waals surface area contributed by atoms with Gasteiger partial charge in [-0.2, -0.15) is 0 Å². The van der Waals surface area contributed by atoms with Crippen LogP contribution in [0.4, 0.5) is 0 Å². The quantitative estimate of drug-likeness (QED) is 0.742. The van der Waals surface area contributed by atoms with Crippen molar-refractivity contribution in [3.05, 3.63) is 0 Å². The molecule has 20 heavy (non-hydrogen) atoms. The minimum absolute atomic E-state index is 0.137. The van der Waals surface area contributed by atoms with Crippen LogP contribution < -0.4 is 5.73 Å². The van der Waals surface area contributed by atoms with E-state index in [1.807, 2.05) is 0 Å². The van der Waals surface area contributed by atoms with Crippen LogP contribution in [0.2, 0.25) is 0 Å². The van der Waals surface area contributed by atoms with E-state index in [0.717, 1.165) is 19.6 Å². The molecule has 0 spiro atoms. The molecular weight excluding hydrogens is 274 g/mol. The molecule has 0 saturated carbocycles. The molecule has 0 aromatic heterocycles. The van der Waals surface area contributed by atoms with Gasteiger partial charge in [-0.15, -0.1) is 0 Å². The third kappa shape index (κ3) is 6.15. The third-order valence-electron chi connectivity index (χ3n) is 3.40. The van der Waals surface area contributed by atoms with Crippen molar-refractivity contribution in [1.82, 2.24) is 9.80 Å².